The van der Waals surface area contributed by atoms with E-state index in [1.165, 1.54) is 0 Å². The van der Waals surface area contributed by atoms with Crippen LogP contribution in [0.3, 0.4) is 0 Å². The van der Waals surface area contributed by atoms with E-state index in [2.05, 4.69) is 0 Å². The summed E-state index contributed by atoms with van der Waals surface area (Å²) in [4.78, 5) is 22.8. The number of halogens is 3. The Morgan fingerprint density at radius 2 is 1.89 bits per heavy atom. The van der Waals surface area contributed by atoms with E-state index in [4.69, 9.17) is 5.11 Å². The van der Waals surface area contributed by atoms with Gasteiger partial charge in [0.05, 0.1) is 6.54 Å². The van der Waals surface area contributed by atoms with Crippen molar-refractivity contribution in [3.8, 4) is 0 Å². The average Bonchev–Trinajstić information content (AvgIpc) is 3.05. The number of alkyl halides is 3. The monoisotopic (exact) mass is 284 g/mol. The molecule has 0 aromatic rings. The summed E-state index contributed by atoms with van der Waals surface area (Å²) in [6.07, 6.45) is -3.55. The van der Waals surface area contributed by atoms with Gasteiger partial charge in [0.25, 0.3) is 0 Å². The molecule has 2 amide bonds. The van der Waals surface area contributed by atoms with Crippen molar-refractivity contribution >= 4 is 12.0 Å². The van der Waals surface area contributed by atoms with E-state index in [1.54, 1.807) is 0 Å². The van der Waals surface area contributed by atoms with Crippen molar-refractivity contribution in [3.05, 3.63) is 0 Å². The van der Waals surface area contributed by atoms with Gasteiger partial charge in [-0.3, -0.25) is 0 Å². The van der Waals surface area contributed by atoms with Crippen LogP contribution in [0.25, 0.3) is 0 Å². The summed E-state index contributed by atoms with van der Waals surface area (Å²) in [5.74, 6) is -1.57. The normalized spacial score (nSPS) is 18.6. The lowest BCUT2D eigenvalue weighted by molar-refractivity contribution is -0.156. The molecule has 1 fully saturated rings. The van der Waals surface area contributed by atoms with Crippen molar-refractivity contribution < 1.29 is 33.0 Å². The van der Waals surface area contributed by atoms with Crippen LogP contribution < -0.4 is 5.32 Å². The molecule has 6 nitrogen and oxygen atoms in total. The first-order valence-electron chi connectivity index (χ1n) is 5.60. The largest absolute Gasteiger partial charge is 0.479 e. The predicted octanol–water partition coefficient (Wildman–Crippen LogP) is 0.558. The van der Waals surface area contributed by atoms with Crippen LogP contribution >= 0.6 is 0 Å². The van der Waals surface area contributed by atoms with Gasteiger partial charge in [-0.15, -0.1) is 0 Å². The first-order valence-corrected chi connectivity index (χ1v) is 5.60. The van der Waals surface area contributed by atoms with E-state index in [-0.39, 0.29) is 0 Å². The lowest BCUT2D eigenvalue weighted by Crippen LogP contribution is -2.52. The van der Waals surface area contributed by atoms with Gasteiger partial charge in [-0.1, -0.05) is 0 Å². The number of carbonyl (C=O) groups is 2. The smallest absolute Gasteiger partial charge is 0.406 e. The lowest BCUT2D eigenvalue weighted by Gasteiger charge is -2.26. The molecule has 0 radical (unpaired) electrons. The number of nitrogens with zero attached hydrogens (tertiary/aromatic N) is 1. The number of carboxylic acid groups (broad SMARTS) is 1. The Labute approximate surface area is 107 Å². The third kappa shape index (κ3) is 4.93. The molecule has 1 saturated carbocycles. The van der Waals surface area contributed by atoms with Gasteiger partial charge < -0.3 is 20.4 Å². The van der Waals surface area contributed by atoms with Crippen LogP contribution in [0.15, 0.2) is 0 Å². The van der Waals surface area contributed by atoms with Crippen LogP contribution in [0, 0.1) is 0 Å². The number of carbonyl (C=O) groups excluding carboxylic acids is 1. The van der Waals surface area contributed by atoms with Crippen molar-refractivity contribution in [1.29, 1.82) is 0 Å². The third-order valence-corrected chi connectivity index (χ3v) is 2.64. The number of hydrogen-bond donors (Lipinski definition) is 3. The molecule has 19 heavy (non-hydrogen) atoms. The second kappa shape index (κ2) is 5.24. The highest BCUT2D eigenvalue weighted by Crippen LogP contribution is 2.30. The van der Waals surface area contributed by atoms with Crippen LogP contribution in [0.4, 0.5) is 18.0 Å². The summed E-state index contributed by atoms with van der Waals surface area (Å²) in [6, 6.07) is -1.50. The molecule has 0 aromatic carbocycles. The molecule has 0 bridgehead atoms. The summed E-state index contributed by atoms with van der Waals surface area (Å²) in [7, 11) is 0. The zero-order valence-electron chi connectivity index (χ0n) is 10.2. The van der Waals surface area contributed by atoms with E-state index in [0.717, 1.165) is 6.92 Å². The standard InChI is InChI=1S/C10H15F3N2O4/c1-9(19,7(16)17)4-14-8(18)15(6-2-3-6)5-10(11,12)13/h6,19H,2-5H2,1H3,(H,14,18)(H,16,17). The maximum Gasteiger partial charge on any atom is 0.406 e. The minimum Gasteiger partial charge on any atom is -0.479 e. The summed E-state index contributed by atoms with van der Waals surface area (Å²) in [6.45, 7) is -1.11. The molecule has 1 rings (SSSR count). The molecule has 0 aliphatic heterocycles. The molecule has 3 N–H and O–H groups in total. The van der Waals surface area contributed by atoms with Gasteiger partial charge in [0.15, 0.2) is 5.60 Å². The zero-order valence-corrected chi connectivity index (χ0v) is 10.2. The highest BCUT2D eigenvalue weighted by molar-refractivity contribution is 5.79. The quantitative estimate of drug-likeness (QED) is 0.688. The Morgan fingerprint density at radius 3 is 2.26 bits per heavy atom. The van der Waals surface area contributed by atoms with Crippen molar-refractivity contribution in [2.75, 3.05) is 13.1 Å². The third-order valence-electron chi connectivity index (χ3n) is 2.64. The molecule has 110 valence electrons. The van der Waals surface area contributed by atoms with E-state index in [1.807, 2.05) is 5.32 Å². The van der Waals surface area contributed by atoms with Crippen LogP contribution in [-0.2, 0) is 4.79 Å². The van der Waals surface area contributed by atoms with Crippen molar-refractivity contribution in [3.63, 3.8) is 0 Å². The Bertz CT molecular complexity index is 366. The summed E-state index contributed by atoms with van der Waals surface area (Å²) < 4.78 is 36.9. The van der Waals surface area contributed by atoms with Crippen molar-refractivity contribution in [2.24, 2.45) is 0 Å². The molecule has 1 atom stereocenters. The topological polar surface area (TPSA) is 89.9 Å². The molecular weight excluding hydrogens is 269 g/mol. The predicted molar refractivity (Wildman–Crippen MR) is 57.4 cm³/mol. The fraction of sp³-hybridized carbons (Fsp3) is 0.800. The van der Waals surface area contributed by atoms with Crippen LogP contribution in [0.2, 0.25) is 0 Å². The van der Waals surface area contributed by atoms with Crippen molar-refractivity contribution in [1.82, 2.24) is 10.2 Å². The number of carboxylic acids is 1. The van der Waals surface area contributed by atoms with Gasteiger partial charge in [-0.2, -0.15) is 13.2 Å². The Morgan fingerprint density at radius 1 is 1.37 bits per heavy atom. The van der Waals surface area contributed by atoms with Gasteiger partial charge in [0, 0.05) is 6.04 Å². The number of aliphatic carboxylic acids is 1. The SMILES string of the molecule is CC(O)(CNC(=O)N(CC(F)(F)F)C1CC1)C(=O)O. The van der Waals surface area contributed by atoms with Gasteiger partial charge in [-0.25, -0.2) is 9.59 Å². The number of urea groups is 1. The molecule has 9 heteroatoms. The second-order valence-electron chi connectivity index (χ2n) is 4.71. The molecule has 1 aliphatic rings. The first kappa shape index (κ1) is 15.5. The number of aliphatic hydroxyl groups is 1. The Hall–Kier alpha value is -1.51. The van der Waals surface area contributed by atoms with Gasteiger partial charge in [0.1, 0.15) is 6.54 Å². The van der Waals surface area contributed by atoms with Gasteiger partial charge in [-0.05, 0) is 19.8 Å². The fourth-order valence-electron chi connectivity index (χ4n) is 1.37. The molecule has 1 aliphatic carbocycles. The highest BCUT2D eigenvalue weighted by Gasteiger charge is 2.41. The Kier molecular flexibility index (Phi) is 4.28. The molecule has 1 unspecified atom stereocenters. The van der Waals surface area contributed by atoms with Gasteiger partial charge in [0.2, 0.25) is 0 Å². The number of rotatable bonds is 5. The number of amides is 2. The summed E-state index contributed by atoms with van der Waals surface area (Å²) in [5.41, 5.74) is -2.22. The summed E-state index contributed by atoms with van der Waals surface area (Å²) in [5, 5.41) is 20.0. The van der Waals surface area contributed by atoms with Crippen LogP contribution in [0.1, 0.15) is 19.8 Å². The lowest BCUT2D eigenvalue weighted by atomic mass is 10.1. The van der Waals surface area contributed by atoms with E-state index >= 15 is 0 Å². The van der Waals surface area contributed by atoms with Crippen LogP contribution in [-0.4, -0.2) is 58.0 Å². The highest BCUT2D eigenvalue weighted by atomic mass is 19.4. The number of nitrogens with one attached hydrogen (secondary N) is 1. The maximum absolute atomic E-state index is 12.3. The molecular formula is C10H15F3N2O4. The van der Waals surface area contributed by atoms with E-state index < -0.39 is 42.9 Å². The minimum absolute atomic E-state index is 0.476. The van der Waals surface area contributed by atoms with Crippen molar-refractivity contribution in [2.45, 2.75) is 37.6 Å². The second-order valence-corrected chi connectivity index (χ2v) is 4.71. The van der Waals surface area contributed by atoms with E-state index in [9.17, 15) is 27.9 Å². The zero-order chi connectivity index (χ0) is 14.8. The maximum atomic E-state index is 12.3. The summed E-state index contributed by atoms with van der Waals surface area (Å²) >= 11 is 0. The molecule has 0 spiro atoms. The number of hydrogen-bond acceptors (Lipinski definition) is 3. The van der Waals surface area contributed by atoms with E-state index in [0.29, 0.717) is 17.7 Å². The average molecular weight is 284 g/mol. The fourth-order valence-corrected chi connectivity index (χ4v) is 1.37. The molecule has 0 aromatic heterocycles. The van der Waals surface area contributed by atoms with Crippen LogP contribution in [0.5, 0.6) is 0 Å². The minimum atomic E-state index is -4.52. The molecule has 0 saturated heterocycles. The first-order chi connectivity index (χ1) is 8.53. The van der Waals surface area contributed by atoms with Gasteiger partial charge >= 0.3 is 18.2 Å². The Balaban J connectivity index is 2.56. The molecule has 0 heterocycles.